The number of carboxylic acid groups (broad SMARTS) is 1. The van der Waals surface area contributed by atoms with Crippen LogP contribution in [0, 0.1) is 17.5 Å². The number of thiazole rings is 1. The average molecular weight is 429 g/mol. The highest BCUT2D eigenvalue weighted by molar-refractivity contribution is 7.16. The maximum absolute atomic E-state index is 14.2. The lowest BCUT2D eigenvalue weighted by Crippen LogP contribution is -2.27. The Bertz CT molecular complexity index is 1170. The maximum atomic E-state index is 14.2. The zero-order valence-corrected chi connectivity index (χ0v) is 15.8. The third-order valence-electron chi connectivity index (χ3n) is 4.01. The number of aliphatic carboxylic acids is 1. The highest BCUT2D eigenvalue weighted by atomic mass is 35.5. The third kappa shape index (κ3) is 3.55. The Morgan fingerprint density at radius 3 is 2.57 bits per heavy atom. The van der Waals surface area contributed by atoms with Crippen LogP contribution in [0.3, 0.4) is 0 Å². The average Bonchev–Trinajstić information content (AvgIpc) is 2.98. The molecule has 0 saturated heterocycles. The molecule has 5 nitrogen and oxygen atoms in total. The monoisotopic (exact) mass is 428 g/mol. The zero-order valence-electron chi connectivity index (χ0n) is 14.2. The van der Waals surface area contributed by atoms with Gasteiger partial charge < -0.3 is 9.67 Å². The van der Waals surface area contributed by atoms with E-state index in [-0.39, 0.29) is 32.0 Å². The van der Waals surface area contributed by atoms with Gasteiger partial charge in [-0.15, -0.1) is 0 Å². The van der Waals surface area contributed by atoms with Crippen LogP contribution in [0.1, 0.15) is 29.7 Å². The molecule has 1 heterocycles. The van der Waals surface area contributed by atoms with Gasteiger partial charge in [0.25, 0.3) is 5.91 Å². The number of benzene rings is 2. The molecular formula is C18H12ClF3N2O3S. The van der Waals surface area contributed by atoms with E-state index in [0.29, 0.717) is 17.4 Å². The van der Waals surface area contributed by atoms with Gasteiger partial charge in [0.05, 0.1) is 10.2 Å². The Hall–Kier alpha value is -2.65. The van der Waals surface area contributed by atoms with Crippen LogP contribution in [-0.4, -0.2) is 21.6 Å². The molecule has 146 valence electrons. The Morgan fingerprint density at radius 2 is 1.96 bits per heavy atom. The van der Waals surface area contributed by atoms with Gasteiger partial charge in [0, 0.05) is 16.7 Å². The van der Waals surface area contributed by atoms with Crippen LogP contribution in [0.25, 0.3) is 10.2 Å². The number of halogens is 4. The fourth-order valence-electron chi connectivity index (χ4n) is 2.70. The minimum Gasteiger partial charge on any atom is -0.480 e. The molecule has 10 heteroatoms. The highest BCUT2D eigenvalue weighted by Crippen LogP contribution is 2.28. The second-order valence-electron chi connectivity index (χ2n) is 5.78. The summed E-state index contributed by atoms with van der Waals surface area (Å²) in [6.07, 6.45) is 0.0420. The molecule has 0 aliphatic heterocycles. The molecule has 1 N–H and O–H groups in total. The van der Waals surface area contributed by atoms with Crippen molar-refractivity contribution in [2.45, 2.75) is 19.4 Å². The van der Waals surface area contributed by atoms with Crippen LogP contribution >= 0.6 is 22.9 Å². The minimum atomic E-state index is -1.68. The normalized spacial score (nSPS) is 13.1. The number of aromatic nitrogens is 1. The zero-order chi connectivity index (χ0) is 20.6. The van der Waals surface area contributed by atoms with Crippen LogP contribution < -0.4 is 4.80 Å². The number of carboxylic acids is 1. The first-order chi connectivity index (χ1) is 13.2. The first-order valence-corrected chi connectivity index (χ1v) is 9.20. The van der Waals surface area contributed by atoms with Gasteiger partial charge in [-0.25, -0.2) is 18.0 Å². The van der Waals surface area contributed by atoms with E-state index in [1.165, 1.54) is 18.2 Å². The fourth-order valence-corrected chi connectivity index (χ4v) is 3.97. The molecule has 0 saturated carbocycles. The maximum Gasteiger partial charge on any atom is 0.326 e. The van der Waals surface area contributed by atoms with Gasteiger partial charge in [-0.05, 0) is 24.6 Å². The van der Waals surface area contributed by atoms with Crippen molar-refractivity contribution in [3.05, 3.63) is 63.2 Å². The molecule has 1 aromatic heterocycles. The molecule has 1 atom stereocenters. The van der Waals surface area contributed by atoms with Gasteiger partial charge in [-0.3, -0.25) is 4.79 Å². The number of rotatable bonds is 4. The molecule has 3 rings (SSSR count). The lowest BCUT2D eigenvalue weighted by atomic mass is 10.2. The number of fused-ring (bicyclic) bond motifs is 1. The summed E-state index contributed by atoms with van der Waals surface area (Å²) in [7, 11) is 0. The van der Waals surface area contributed by atoms with Gasteiger partial charge >= 0.3 is 5.97 Å². The van der Waals surface area contributed by atoms with Crippen LogP contribution in [0.15, 0.2) is 35.3 Å². The van der Waals surface area contributed by atoms with E-state index in [0.717, 1.165) is 4.57 Å². The van der Waals surface area contributed by atoms with Crippen molar-refractivity contribution in [3.8, 4) is 0 Å². The van der Waals surface area contributed by atoms with Crippen LogP contribution in [0.2, 0.25) is 5.02 Å². The first kappa shape index (κ1) is 20.1. The van der Waals surface area contributed by atoms with Crippen molar-refractivity contribution in [2.24, 2.45) is 4.99 Å². The predicted molar refractivity (Wildman–Crippen MR) is 98.0 cm³/mol. The van der Waals surface area contributed by atoms with Gasteiger partial charge in [0.2, 0.25) is 0 Å². The van der Waals surface area contributed by atoms with Gasteiger partial charge in [-0.1, -0.05) is 35.9 Å². The second kappa shape index (κ2) is 7.76. The van der Waals surface area contributed by atoms with E-state index in [2.05, 4.69) is 4.99 Å². The van der Waals surface area contributed by atoms with E-state index >= 15 is 0 Å². The summed E-state index contributed by atoms with van der Waals surface area (Å²) in [5.74, 6) is -6.67. The molecule has 3 aromatic rings. The summed E-state index contributed by atoms with van der Waals surface area (Å²) in [4.78, 5) is 27.8. The number of carbonyl (C=O) groups excluding carboxylic acids is 1. The molecule has 0 spiro atoms. The predicted octanol–water partition coefficient (Wildman–Crippen LogP) is 4.55. The summed E-state index contributed by atoms with van der Waals surface area (Å²) in [6, 6.07) is 5.32. The summed E-state index contributed by atoms with van der Waals surface area (Å²) in [5.41, 5.74) is -0.0778. The Morgan fingerprint density at radius 1 is 1.25 bits per heavy atom. The molecule has 28 heavy (non-hydrogen) atoms. The van der Waals surface area contributed by atoms with Crippen LogP contribution in [-0.2, 0) is 4.79 Å². The second-order valence-corrected chi connectivity index (χ2v) is 7.19. The van der Waals surface area contributed by atoms with Crippen LogP contribution in [0.5, 0.6) is 0 Å². The quantitative estimate of drug-likeness (QED) is 0.620. The molecule has 0 bridgehead atoms. The van der Waals surface area contributed by atoms with Gasteiger partial charge in [0.1, 0.15) is 6.04 Å². The Kier molecular flexibility index (Phi) is 5.57. The Labute approximate surface area is 165 Å². The van der Waals surface area contributed by atoms with Gasteiger partial charge in [-0.2, -0.15) is 4.99 Å². The van der Waals surface area contributed by atoms with Crippen molar-refractivity contribution in [1.29, 1.82) is 0 Å². The third-order valence-corrected chi connectivity index (χ3v) is 5.31. The fraction of sp³-hybridized carbons (Fsp3) is 0.167. The van der Waals surface area contributed by atoms with Crippen molar-refractivity contribution in [3.63, 3.8) is 0 Å². The van der Waals surface area contributed by atoms with E-state index < -0.39 is 35.4 Å². The number of amides is 1. The standard InChI is InChI=1S/C18H12ClF3N2O3S/c1-2-11(17(26)27)24-12-7-10(20)13(21)14(22)15(12)28-18(24)23-16(25)8-4-3-5-9(19)6-8/h3-7,11H,2H2,1H3,(H,26,27)/b23-18-. The molecule has 2 aromatic carbocycles. The molecule has 0 fully saturated rings. The molecule has 0 aliphatic carbocycles. The minimum absolute atomic E-state index is 0.0420. The van der Waals surface area contributed by atoms with E-state index in [4.69, 9.17) is 11.6 Å². The number of hydrogen-bond acceptors (Lipinski definition) is 3. The van der Waals surface area contributed by atoms with Crippen molar-refractivity contribution in [2.75, 3.05) is 0 Å². The Balaban J connectivity index is 2.33. The summed E-state index contributed by atoms with van der Waals surface area (Å²) >= 11 is 6.41. The topological polar surface area (TPSA) is 71.7 Å². The lowest BCUT2D eigenvalue weighted by molar-refractivity contribution is -0.140. The largest absolute Gasteiger partial charge is 0.480 e. The number of hydrogen-bond donors (Lipinski definition) is 1. The van der Waals surface area contributed by atoms with Crippen molar-refractivity contribution >= 4 is 45.0 Å². The molecular weight excluding hydrogens is 417 g/mol. The van der Waals surface area contributed by atoms with Crippen LogP contribution in [0.4, 0.5) is 13.2 Å². The van der Waals surface area contributed by atoms with E-state index in [1.807, 2.05) is 0 Å². The molecule has 0 aliphatic rings. The van der Waals surface area contributed by atoms with E-state index in [1.54, 1.807) is 13.0 Å². The van der Waals surface area contributed by atoms with Crippen molar-refractivity contribution < 1.29 is 27.9 Å². The molecule has 1 unspecified atom stereocenters. The molecule has 1 amide bonds. The lowest BCUT2D eigenvalue weighted by Gasteiger charge is -2.13. The summed E-state index contributed by atoms with van der Waals surface area (Å²) in [6.45, 7) is 1.55. The smallest absolute Gasteiger partial charge is 0.326 e. The number of carbonyl (C=O) groups is 2. The van der Waals surface area contributed by atoms with Gasteiger partial charge in [0.15, 0.2) is 22.3 Å². The summed E-state index contributed by atoms with van der Waals surface area (Å²) in [5, 5.41) is 9.78. The summed E-state index contributed by atoms with van der Waals surface area (Å²) < 4.78 is 42.3. The first-order valence-electron chi connectivity index (χ1n) is 8.00. The van der Waals surface area contributed by atoms with E-state index in [9.17, 15) is 27.9 Å². The SMILES string of the molecule is CCC(C(=O)O)n1/c(=N/C(=O)c2cccc(Cl)c2)sc2c(F)c(F)c(F)cc21. The highest BCUT2D eigenvalue weighted by Gasteiger charge is 2.26. The molecule has 0 radical (unpaired) electrons. The number of nitrogens with zero attached hydrogens (tertiary/aromatic N) is 2. The van der Waals surface area contributed by atoms with Crippen molar-refractivity contribution in [1.82, 2.24) is 4.57 Å².